The van der Waals surface area contributed by atoms with Gasteiger partial charge in [0, 0.05) is 15.9 Å². The predicted molar refractivity (Wildman–Crippen MR) is 149 cm³/mol. The van der Waals surface area contributed by atoms with Gasteiger partial charge in [-0.15, -0.1) is 0 Å². The molecule has 1 aliphatic rings. The fraction of sp³-hybridized carbons (Fsp3) is 0.167. The Morgan fingerprint density at radius 3 is 2.29 bits per heavy atom. The number of nitrogens with one attached hydrogen (secondary N) is 1. The van der Waals surface area contributed by atoms with Crippen molar-refractivity contribution in [2.45, 2.75) is 19.9 Å². The van der Waals surface area contributed by atoms with Gasteiger partial charge >= 0.3 is 5.97 Å². The minimum absolute atomic E-state index is 0.132. The van der Waals surface area contributed by atoms with Crippen LogP contribution < -0.4 is 15.0 Å². The zero-order valence-corrected chi connectivity index (χ0v) is 22.8. The molecule has 1 heterocycles. The topological polar surface area (TPSA) is 84.9 Å². The number of nitrogens with zero attached hydrogens (tertiary/aromatic N) is 1. The van der Waals surface area contributed by atoms with Crippen molar-refractivity contribution >= 4 is 45.5 Å². The van der Waals surface area contributed by atoms with E-state index in [0.29, 0.717) is 22.7 Å². The van der Waals surface area contributed by atoms with Crippen LogP contribution in [0.1, 0.15) is 31.0 Å². The van der Waals surface area contributed by atoms with E-state index in [0.717, 1.165) is 10.0 Å². The molecule has 0 aromatic heterocycles. The molecular weight excluding hydrogens is 548 g/mol. The number of amides is 2. The summed E-state index contributed by atoms with van der Waals surface area (Å²) in [6.45, 7) is 3.50. The summed E-state index contributed by atoms with van der Waals surface area (Å²) in [5.74, 6) is -0.642. The molecule has 8 heteroatoms. The molecule has 0 aliphatic carbocycles. The molecule has 0 radical (unpaired) electrons. The molecule has 0 spiro atoms. The van der Waals surface area contributed by atoms with Crippen molar-refractivity contribution in [2.24, 2.45) is 0 Å². The maximum atomic E-state index is 13.4. The summed E-state index contributed by atoms with van der Waals surface area (Å²) < 4.78 is 11.5. The number of carbonyl (C=O) groups is 3. The highest BCUT2D eigenvalue weighted by molar-refractivity contribution is 9.10. The third-order valence-electron chi connectivity index (χ3n) is 6.11. The standard InChI is InChI=1S/C30H27BrN2O5/c1-19(22-7-5-4-6-8-22)32-27(34)18-38-25-15-9-21(10-16-25)17-26-28(30(36)37-3)20(2)33(29(26)35)24-13-11-23(31)12-14-24/h4-17,19H,18H2,1-3H3,(H,32,34)/b26-17-/t19-/m1/s1. The van der Waals surface area contributed by atoms with Gasteiger partial charge in [0.1, 0.15) is 5.75 Å². The summed E-state index contributed by atoms with van der Waals surface area (Å²) >= 11 is 3.40. The van der Waals surface area contributed by atoms with Crippen LogP contribution in [0.2, 0.25) is 0 Å². The Hall–Kier alpha value is -4.17. The Balaban J connectivity index is 1.47. The maximum Gasteiger partial charge on any atom is 0.340 e. The van der Waals surface area contributed by atoms with Gasteiger partial charge in [0.05, 0.1) is 24.3 Å². The summed E-state index contributed by atoms with van der Waals surface area (Å²) in [7, 11) is 1.29. The first-order chi connectivity index (χ1) is 18.3. The highest BCUT2D eigenvalue weighted by atomic mass is 79.9. The second kappa shape index (κ2) is 11.9. The molecule has 1 atom stereocenters. The van der Waals surface area contributed by atoms with Crippen molar-refractivity contribution < 1.29 is 23.9 Å². The average Bonchev–Trinajstić information content (AvgIpc) is 3.17. The number of esters is 1. The average molecular weight is 575 g/mol. The number of carbonyl (C=O) groups excluding carboxylic acids is 3. The molecule has 1 N–H and O–H groups in total. The quantitative estimate of drug-likeness (QED) is 0.280. The van der Waals surface area contributed by atoms with Crippen LogP contribution in [0.5, 0.6) is 5.75 Å². The monoisotopic (exact) mass is 574 g/mol. The Kier molecular flexibility index (Phi) is 8.43. The van der Waals surface area contributed by atoms with Crippen LogP contribution >= 0.6 is 15.9 Å². The Labute approximate surface area is 229 Å². The number of anilines is 1. The van der Waals surface area contributed by atoms with E-state index in [1.54, 1.807) is 49.4 Å². The van der Waals surface area contributed by atoms with Gasteiger partial charge in [0.25, 0.3) is 11.8 Å². The molecule has 0 saturated heterocycles. The molecule has 0 unspecified atom stereocenters. The minimum atomic E-state index is -0.586. The van der Waals surface area contributed by atoms with Crippen LogP contribution in [0.15, 0.2) is 100 Å². The highest BCUT2D eigenvalue weighted by Gasteiger charge is 2.37. The fourth-order valence-electron chi connectivity index (χ4n) is 4.17. The number of methoxy groups -OCH3 is 1. The SMILES string of the molecule is COC(=O)C1=C(C)N(c2ccc(Br)cc2)C(=O)/C1=C\c1ccc(OCC(=O)N[C@H](C)c2ccccc2)cc1. The lowest BCUT2D eigenvalue weighted by molar-refractivity contribution is -0.136. The second-order valence-corrected chi connectivity index (χ2v) is 9.60. The first kappa shape index (κ1) is 26.9. The lowest BCUT2D eigenvalue weighted by Gasteiger charge is -2.18. The van der Waals surface area contributed by atoms with Crippen LogP contribution in [-0.2, 0) is 19.1 Å². The van der Waals surface area contributed by atoms with Gasteiger partial charge in [0.15, 0.2) is 6.61 Å². The van der Waals surface area contributed by atoms with E-state index >= 15 is 0 Å². The Morgan fingerprint density at radius 2 is 1.66 bits per heavy atom. The molecule has 0 bridgehead atoms. The molecule has 2 amide bonds. The molecule has 4 rings (SSSR count). The van der Waals surface area contributed by atoms with Crippen LogP contribution in [0.4, 0.5) is 5.69 Å². The van der Waals surface area contributed by atoms with Gasteiger partial charge < -0.3 is 14.8 Å². The maximum absolute atomic E-state index is 13.4. The third kappa shape index (κ3) is 6.03. The number of allylic oxidation sites excluding steroid dienone is 1. The van der Waals surface area contributed by atoms with Crippen LogP contribution in [-0.4, -0.2) is 31.5 Å². The molecule has 7 nitrogen and oxygen atoms in total. The van der Waals surface area contributed by atoms with E-state index in [2.05, 4.69) is 21.2 Å². The highest BCUT2D eigenvalue weighted by Crippen LogP contribution is 2.36. The van der Waals surface area contributed by atoms with Gasteiger partial charge in [-0.2, -0.15) is 0 Å². The lowest BCUT2D eigenvalue weighted by atomic mass is 10.0. The van der Waals surface area contributed by atoms with Gasteiger partial charge in [-0.25, -0.2) is 4.79 Å². The molecule has 38 heavy (non-hydrogen) atoms. The molecular formula is C30H27BrN2O5. The predicted octanol–water partition coefficient (Wildman–Crippen LogP) is 5.58. The van der Waals surface area contributed by atoms with Crippen molar-refractivity contribution in [3.63, 3.8) is 0 Å². The molecule has 1 aliphatic heterocycles. The first-order valence-corrected chi connectivity index (χ1v) is 12.8. The van der Waals surface area contributed by atoms with Gasteiger partial charge in [0.2, 0.25) is 0 Å². The number of hydrogen-bond acceptors (Lipinski definition) is 5. The number of halogens is 1. The van der Waals surface area contributed by atoms with Crippen molar-refractivity contribution in [3.8, 4) is 5.75 Å². The van der Waals surface area contributed by atoms with Gasteiger partial charge in [-0.1, -0.05) is 58.4 Å². The summed E-state index contributed by atoms with van der Waals surface area (Å²) in [4.78, 5) is 39.8. The van der Waals surface area contributed by atoms with E-state index < -0.39 is 5.97 Å². The second-order valence-electron chi connectivity index (χ2n) is 8.68. The van der Waals surface area contributed by atoms with Gasteiger partial charge in [-0.3, -0.25) is 14.5 Å². The Morgan fingerprint density at radius 1 is 1.00 bits per heavy atom. The zero-order chi connectivity index (χ0) is 27.2. The number of benzene rings is 3. The summed E-state index contributed by atoms with van der Waals surface area (Å²) in [6.07, 6.45) is 1.65. The normalized spacial score (nSPS) is 15.0. The zero-order valence-electron chi connectivity index (χ0n) is 21.2. The molecule has 194 valence electrons. The van der Waals surface area contributed by atoms with E-state index in [1.165, 1.54) is 12.0 Å². The van der Waals surface area contributed by atoms with E-state index in [-0.39, 0.29) is 35.6 Å². The van der Waals surface area contributed by atoms with Crippen LogP contribution in [0, 0.1) is 0 Å². The van der Waals surface area contributed by atoms with E-state index in [4.69, 9.17) is 9.47 Å². The van der Waals surface area contributed by atoms with Crippen molar-refractivity contribution in [3.05, 3.63) is 111 Å². The van der Waals surface area contributed by atoms with Crippen molar-refractivity contribution in [2.75, 3.05) is 18.6 Å². The molecule has 3 aromatic carbocycles. The van der Waals surface area contributed by atoms with Gasteiger partial charge in [-0.05, 0) is 67.4 Å². The summed E-state index contributed by atoms with van der Waals surface area (Å²) in [6, 6.07) is 23.7. The third-order valence-corrected chi connectivity index (χ3v) is 6.64. The van der Waals surface area contributed by atoms with E-state index in [1.807, 2.05) is 49.4 Å². The van der Waals surface area contributed by atoms with Crippen molar-refractivity contribution in [1.29, 1.82) is 0 Å². The van der Waals surface area contributed by atoms with E-state index in [9.17, 15) is 14.4 Å². The van der Waals surface area contributed by atoms with Crippen LogP contribution in [0.3, 0.4) is 0 Å². The molecule has 0 fully saturated rings. The first-order valence-electron chi connectivity index (χ1n) is 12.0. The lowest BCUT2D eigenvalue weighted by Crippen LogP contribution is -2.31. The minimum Gasteiger partial charge on any atom is -0.484 e. The molecule has 3 aromatic rings. The largest absolute Gasteiger partial charge is 0.484 e. The summed E-state index contributed by atoms with van der Waals surface area (Å²) in [5.41, 5.74) is 3.28. The Bertz CT molecular complexity index is 1400. The van der Waals surface area contributed by atoms with Crippen LogP contribution in [0.25, 0.3) is 6.08 Å². The summed E-state index contributed by atoms with van der Waals surface area (Å²) in [5, 5.41) is 2.91. The fourth-order valence-corrected chi connectivity index (χ4v) is 4.43. The molecule has 0 saturated carbocycles. The van der Waals surface area contributed by atoms with Crippen molar-refractivity contribution in [1.82, 2.24) is 5.32 Å². The number of ether oxygens (including phenoxy) is 2. The smallest absolute Gasteiger partial charge is 0.340 e. The number of hydrogen-bond donors (Lipinski definition) is 1. The number of rotatable bonds is 8.